The summed E-state index contributed by atoms with van der Waals surface area (Å²) in [5.41, 5.74) is 2.56. The van der Waals surface area contributed by atoms with Gasteiger partial charge in [-0.05, 0) is 57.7 Å². The molecule has 0 saturated heterocycles. The monoisotopic (exact) mass is 506 g/mol. The van der Waals surface area contributed by atoms with E-state index in [-0.39, 0.29) is 25.4 Å². The van der Waals surface area contributed by atoms with Gasteiger partial charge in [0, 0.05) is 29.1 Å². The van der Waals surface area contributed by atoms with Crippen molar-refractivity contribution < 1.29 is 24.1 Å². The number of pyridine rings is 2. The van der Waals surface area contributed by atoms with Crippen LogP contribution in [0.25, 0.3) is 22.3 Å². The maximum Gasteiger partial charge on any atom is 0.343 e. The molecule has 194 valence electrons. The van der Waals surface area contributed by atoms with Gasteiger partial charge < -0.3 is 34.1 Å². The molecule has 10 heteroatoms. The lowest BCUT2D eigenvalue weighted by atomic mass is 9.86. The Morgan fingerprint density at radius 2 is 1.95 bits per heavy atom. The van der Waals surface area contributed by atoms with Crippen molar-refractivity contribution in [3.63, 3.8) is 0 Å². The normalized spacial score (nSPS) is 19.2. The number of carbonyl (C=O) groups is 1. The highest BCUT2D eigenvalue weighted by atomic mass is 16.7. The van der Waals surface area contributed by atoms with Crippen molar-refractivity contribution in [3.8, 4) is 22.9 Å². The third-order valence-electron chi connectivity index (χ3n) is 7.69. The minimum atomic E-state index is -1.86. The van der Waals surface area contributed by atoms with Gasteiger partial charge >= 0.3 is 5.97 Å². The number of cyclic esters (lactones) is 1. The molecular weight excluding hydrogens is 476 g/mol. The SMILES string of the molecule is CC[C@@]1(O)C(=O)OCc2c1cc1n(c2=O)Cc2c-1nc1cc3c(cc1c2CN(C)CCCNC)OCO3. The van der Waals surface area contributed by atoms with Gasteiger partial charge in [0.15, 0.2) is 17.1 Å². The first-order chi connectivity index (χ1) is 17.9. The molecule has 1 aromatic carbocycles. The van der Waals surface area contributed by atoms with Crippen LogP contribution in [0.15, 0.2) is 23.0 Å². The van der Waals surface area contributed by atoms with Crippen LogP contribution in [0, 0.1) is 0 Å². The molecule has 3 aliphatic heterocycles. The first-order valence-corrected chi connectivity index (χ1v) is 12.6. The number of hydrogen-bond donors (Lipinski definition) is 2. The van der Waals surface area contributed by atoms with Gasteiger partial charge in [0.05, 0.1) is 29.0 Å². The first-order valence-electron chi connectivity index (χ1n) is 12.6. The summed E-state index contributed by atoms with van der Waals surface area (Å²) in [6.07, 6.45) is 1.10. The lowest BCUT2D eigenvalue weighted by Crippen LogP contribution is -2.44. The zero-order chi connectivity index (χ0) is 25.9. The van der Waals surface area contributed by atoms with Gasteiger partial charge in [0.2, 0.25) is 6.79 Å². The molecule has 2 aromatic heterocycles. The van der Waals surface area contributed by atoms with E-state index in [1.54, 1.807) is 17.6 Å². The van der Waals surface area contributed by atoms with E-state index in [4.69, 9.17) is 19.2 Å². The predicted molar refractivity (Wildman–Crippen MR) is 136 cm³/mol. The number of nitrogens with one attached hydrogen (secondary N) is 1. The summed E-state index contributed by atoms with van der Waals surface area (Å²) >= 11 is 0. The van der Waals surface area contributed by atoms with Gasteiger partial charge in [-0.2, -0.15) is 0 Å². The Hall–Kier alpha value is -3.47. The molecule has 6 rings (SSSR count). The van der Waals surface area contributed by atoms with Crippen LogP contribution in [0.2, 0.25) is 0 Å². The molecule has 0 saturated carbocycles. The molecule has 37 heavy (non-hydrogen) atoms. The van der Waals surface area contributed by atoms with Crippen molar-refractivity contribution in [2.75, 3.05) is 34.0 Å². The van der Waals surface area contributed by atoms with E-state index in [1.807, 2.05) is 19.2 Å². The maximum absolute atomic E-state index is 13.6. The molecule has 3 aliphatic rings. The second-order valence-corrected chi connectivity index (χ2v) is 9.94. The van der Waals surface area contributed by atoms with Gasteiger partial charge in [-0.25, -0.2) is 9.78 Å². The zero-order valence-corrected chi connectivity index (χ0v) is 21.2. The molecule has 10 nitrogen and oxygen atoms in total. The molecule has 0 radical (unpaired) electrons. The van der Waals surface area contributed by atoms with E-state index in [0.29, 0.717) is 47.1 Å². The smallest absolute Gasteiger partial charge is 0.343 e. The fourth-order valence-corrected chi connectivity index (χ4v) is 5.61. The number of aromatic nitrogens is 2. The Bertz CT molecular complexity index is 1500. The predicted octanol–water partition coefficient (Wildman–Crippen LogP) is 1.85. The average Bonchev–Trinajstić information content (AvgIpc) is 3.50. The second kappa shape index (κ2) is 8.83. The number of ether oxygens (including phenoxy) is 3. The maximum atomic E-state index is 13.6. The summed E-state index contributed by atoms with van der Waals surface area (Å²) in [7, 11) is 4.03. The third-order valence-corrected chi connectivity index (χ3v) is 7.69. The van der Waals surface area contributed by atoms with Crippen LogP contribution in [0.4, 0.5) is 0 Å². The molecule has 1 atom stereocenters. The second-order valence-electron chi connectivity index (χ2n) is 9.94. The highest BCUT2D eigenvalue weighted by Crippen LogP contribution is 2.43. The summed E-state index contributed by atoms with van der Waals surface area (Å²) in [6.45, 7) is 4.55. The Labute approximate surface area is 213 Å². The molecule has 3 aromatic rings. The molecule has 0 spiro atoms. The number of nitrogens with zero attached hydrogens (tertiary/aromatic N) is 3. The van der Waals surface area contributed by atoms with E-state index < -0.39 is 11.6 Å². The van der Waals surface area contributed by atoms with Crippen molar-refractivity contribution in [3.05, 3.63) is 50.8 Å². The minimum absolute atomic E-state index is 0.103. The van der Waals surface area contributed by atoms with Gasteiger partial charge in [0.1, 0.15) is 6.61 Å². The lowest BCUT2D eigenvalue weighted by Gasteiger charge is -2.31. The van der Waals surface area contributed by atoms with Crippen LogP contribution < -0.4 is 20.3 Å². The van der Waals surface area contributed by atoms with E-state index >= 15 is 0 Å². The number of benzene rings is 1. The fourth-order valence-electron chi connectivity index (χ4n) is 5.61. The van der Waals surface area contributed by atoms with Crippen molar-refractivity contribution in [1.82, 2.24) is 19.8 Å². The fraction of sp³-hybridized carbons (Fsp3) is 0.444. The number of esters is 1. The topological polar surface area (TPSA) is 115 Å². The summed E-state index contributed by atoms with van der Waals surface area (Å²) in [4.78, 5) is 33.4. The number of carbonyl (C=O) groups excluding carboxylic acids is 1. The number of hydrogen-bond acceptors (Lipinski definition) is 9. The summed E-state index contributed by atoms with van der Waals surface area (Å²) < 4.78 is 18.1. The van der Waals surface area contributed by atoms with Crippen LogP contribution in [0.3, 0.4) is 0 Å². The van der Waals surface area contributed by atoms with Crippen molar-refractivity contribution in [2.45, 2.75) is 45.1 Å². The van der Waals surface area contributed by atoms with E-state index in [1.165, 1.54) is 0 Å². The van der Waals surface area contributed by atoms with Crippen LogP contribution in [0.5, 0.6) is 11.5 Å². The highest BCUT2D eigenvalue weighted by molar-refractivity contribution is 5.91. The van der Waals surface area contributed by atoms with Gasteiger partial charge in [-0.1, -0.05) is 6.92 Å². The third kappa shape index (κ3) is 3.62. The van der Waals surface area contributed by atoms with Crippen molar-refractivity contribution in [1.29, 1.82) is 0 Å². The van der Waals surface area contributed by atoms with Crippen molar-refractivity contribution in [2.24, 2.45) is 0 Å². The minimum Gasteiger partial charge on any atom is -0.458 e. The van der Waals surface area contributed by atoms with Gasteiger partial charge in [-0.15, -0.1) is 0 Å². The molecule has 0 fully saturated rings. The molecule has 0 amide bonds. The van der Waals surface area contributed by atoms with Crippen LogP contribution in [-0.4, -0.2) is 59.5 Å². The van der Waals surface area contributed by atoms with E-state index in [2.05, 4.69) is 17.3 Å². The molecular formula is C27H30N4O6. The molecule has 5 heterocycles. The average molecular weight is 507 g/mol. The molecule has 2 N–H and O–H groups in total. The lowest BCUT2D eigenvalue weighted by molar-refractivity contribution is -0.172. The number of aliphatic hydroxyl groups is 1. The Balaban J connectivity index is 1.54. The highest BCUT2D eigenvalue weighted by Gasteiger charge is 2.45. The van der Waals surface area contributed by atoms with Crippen LogP contribution in [0.1, 0.15) is 42.0 Å². The van der Waals surface area contributed by atoms with Crippen molar-refractivity contribution >= 4 is 16.9 Å². The largest absolute Gasteiger partial charge is 0.458 e. The van der Waals surface area contributed by atoms with E-state index in [9.17, 15) is 14.7 Å². The standard InChI is InChI=1S/C27H30N4O6/c1-4-27(34)19-9-21-24-17(12-31(21)25(32)18(19)13-35-26(27)33)16(11-30(3)7-5-6-28-2)15-8-22-23(37-14-36-22)10-20(15)29-24/h8-10,28,34H,4-7,11-14H2,1-3H3/t27-/m0/s1. The Kier molecular flexibility index (Phi) is 5.70. The molecule has 0 bridgehead atoms. The van der Waals surface area contributed by atoms with Gasteiger partial charge in [0.25, 0.3) is 5.56 Å². The number of rotatable bonds is 7. The Morgan fingerprint density at radius 1 is 1.16 bits per heavy atom. The van der Waals surface area contributed by atoms with Crippen LogP contribution >= 0.6 is 0 Å². The summed E-state index contributed by atoms with van der Waals surface area (Å²) in [5.74, 6) is 0.588. The van der Waals surface area contributed by atoms with Gasteiger partial charge in [-0.3, -0.25) is 4.79 Å². The summed E-state index contributed by atoms with van der Waals surface area (Å²) in [5, 5.41) is 15.3. The quantitative estimate of drug-likeness (QED) is 0.286. The van der Waals surface area contributed by atoms with Crippen LogP contribution in [-0.2, 0) is 34.8 Å². The zero-order valence-electron chi connectivity index (χ0n) is 21.2. The number of fused-ring (bicyclic) bond motifs is 6. The summed E-state index contributed by atoms with van der Waals surface area (Å²) in [6, 6.07) is 5.60. The molecule has 0 aliphatic carbocycles. The first kappa shape index (κ1) is 23.9. The van der Waals surface area contributed by atoms with E-state index in [0.717, 1.165) is 41.5 Å². The molecule has 0 unspecified atom stereocenters. The Morgan fingerprint density at radius 3 is 2.70 bits per heavy atom.